The zero-order valence-electron chi connectivity index (χ0n) is 15.8. The molecule has 0 fully saturated rings. The maximum Gasteiger partial charge on any atom is 0.338 e. The summed E-state index contributed by atoms with van der Waals surface area (Å²) < 4.78 is 16.6. The second kappa shape index (κ2) is 10.7. The monoisotopic (exact) mass is 356 g/mol. The minimum Gasteiger partial charge on any atom is -0.454 e. The fourth-order valence-electron chi connectivity index (χ4n) is 2.57. The van der Waals surface area contributed by atoms with Gasteiger partial charge in [-0.25, -0.2) is 4.79 Å². The van der Waals surface area contributed by atoms with Crippen LogP contribution in [-0.2, 0) is 14.2 Å². The third kappa shape index (κ3) is 6.28. The number of carbonyl (C=O) groups is 1. The van der Waals surface area contributed by atoms with Gasteiger partial charge in [-0.1, -0.05) is 42.5 Å². The molecule has 0 aromatic heterocycles. The van der Waals surface area contributed by atoms with Crippen molar-refractivity contribution < 1.29 is 19.0 Å². The van der Waals surface area contributed by atoms with Gasteiger partial charge in [-0.05, 0) is 50.5 Å². The molecule has 2 aromatic carbocycles. The molecule has 0 bridgehead atoms. The van der Waals surface area contributed by atoms with Crippen molar-refractivity contribution in [1.29, 1.82) is 0 Å². The van der Waals surface area contributed by atoms with Crippen LogP contribution < -0.4 is 0 Å². The molecule has 2 aromatic rings. The second-order valence-corrected chi connectivity index (χ2v) is 6.14. The first-order valence-electron chi connectivity index (χ1n) is 9.17. The van der Waals surface area contributed by atoms with Gasteiger partial charge in [0.15, 0.2) is 0 Å². The van der Waals surface area contributed by atoms with Crippen molar-refractivity contribution in [1.82, 2.24) is 0 Å². The van der Waals surface area contributed by atoms with Gasteiger partial charge in [-0.15, -0.1) is 0 Å². The van der Waals surface area contributed by atoms with Crippen molar-refractivity contribution in [3.63, 3.8) is 0 Å². The predicted molar refractivity (Wildman–Crippen MR) is 102 cm³/mol. The Morgan fingerprint density at radius 1 is 0.885 bits per heavy atom. The van der Waals surface area contributed by atoms with E-state index in [1.54, 1.807) is 12.1 Å². The second-order valence-electron chi connectivity index (χ2n) is 6.14. The van der Waals surface area contributed by atoms with Crippen LogP contribution in [0.1, 0.15) is 60.9 Å². The summed E-state index contributed by atoms with van der Waals surface area (Å²) in [4.78, 5) is 12.3. The average Bonchev–Trinajstić information content (AvgIpc) is 2.68. The Hall–Kier alpha value is -2.17. The van der Waals surface area contributed by atoms with Crippen LogP contribution in [0.2, 0.25) is 0 Å². The molecule has 4 nitrogen and oxygen atoms in total. The lowest BCUT2D eigenvalue weighted by molar-refractivity contribution is 0.0336. The number of hydrogen-bond acceptors (Lipinski definition) is 4. The molecule has 2 unspecified atom stereocenters. The summed E-state index contributed by atoms with van der Waals surface area (Å²) in [5.74, 6) is -0.321. The fourth-order valence-corrected chi connectivity index (χ4v) is 2.57. The minimum atomic E-state index is -0.321. The summed E-state index contributed by atoms with van der Waals surface area (Å²) in [5, 5.41) is 0. The Morgan fingerprint density at radius 3 is 2.19 bits per heavy atom. The molecule has 0 aliphatic carbocycles. The van der Waals surface area contributed by atoms with Crippen LogP contribution in [0.4, 0.5) is 0 Å². The largest absolute Gasteiger partial charge is 0.454 e. The van der Waals surface area contributed by atoms with Crippen LogP contribution in [0.5, 0.6) is 0 Å². The number of carbonyl (C=O) groups excluding carboxylic acids is 1. The lowest BCUT2D eigenvalue weighted by atomic mass is 10.1. The SMILES string of the molecule is CCOCCCOC(C)c1ccc(C(=O)OC(C)c2ccccc2)cc1. The van der Waals surface area contributed by atoms with Gasteiger partial charge in [0.1, 0.15) is 6.10 Å². The lowest BCUT2D eigenvalue weighted by Crippen LogP contribution is -2.10. The van der Waals surface area contributed by atoms with E-state index in [4.69, 9.17) is 14.2 Å². The molecular weight excluding hydrogens is 328 g/mol. The van der Waals surface area contributed by atoms with Crippen LogP contribution in [0.25, 0.3) is 0 Å². The molecule has 0 saturated carbocycles. The normalized spacial score (nSPS) is 13.2. The lowest BCUT2D eigenvalue weighted by Gasteiger charge is -2.15. The van der Waals surface area contributed by atoms with E-state index < -0.39 is 0 Å². The fraction of sp³-hybridized carbons (Fsp3) is 0.409. The topological polar surface area (TPSA) is 44.8 Å². The van der Waals surface area contributed by atoms with E-state index in [9.17, 15) is 4.79 Å². The van der Waals surface area contributed by atoms with Crippen LogP contribution in [0.15, 0.2) is 54.6 Å². The van der Waals surface area contributed by atoms with Crippen molar-refractivity contribution in [3.8, 4) is 0 Å². The number of esters is 1. The average molecular weight is 356 g/mol. The zero-order valence-corrected chi connectivity index (χ0v) is 15.8. The minimum absolute atomic E-state index is 0.0232. The first-order chi connectivity index (χ1) is 12.6. The van der Waals surface area contributed by atoms with Crippen molar-refractivity contribution >= 4 is 5.97 Å². The quantitative estimate of drug-likeness (QED) is 0.438. The molecule has 0 radical (unpaired) electrons. The Labute approximate surface area is 156 Å². The Kier molecular flexibility index (Phi) is 8.32. The standard InChI is InChI=1S/C22H28O4/c1-4-24-15-8-16-25-17(2)20-11-13-21(14-12-20)22(23)26-18(3)19-9-6-5-7-10-19/h5-7,9-14,17-18H,4,8,15-16H2,1-3H3. The molecule has 140 valence electrons. The predicted octanol–water partition coefficient (Wildman–Crippen LogP) is 5.11. The Balaban J connectivity index is 1.85. The summed E-state index contributed by atoms with van der Waals surface area (Å²) in [5.41, 5.74) is 2.56. The van der Waals surface area contributed by atoms with E-state index in [1.165, 1.54) is 0 Å². The van der Waals surface area contributed by atoms with Crippen molar-refractivity contribution in [2.75, 3.05) is 19.8 Å². The molecule has 2 rings (SSSR count). The third-order valence-electron chi connectivity index (χ3n) is 4.17. The molecule has 0 aliphatic heterocycles. The van der Waals surface area contributed by atoms with Gasteiger partial charge < -0.3 is 14.2 Å². The van der Waals surface area contributed by atoms with Gasteiger partial charge in [-0.2, -0.15) is 0 Å². The van der Waals surface area contributed by atoms with Crippen LogP contribution >= 0.6 is 0 Å². The van der Waals surface area contributed by atoms with E-state index >= 15 is 0 Å². The molecule has 0 saturated heterocycles. The summed E-state index contributed by atoms with van der Waals surface area (Å²) >= 11 is 0. The third-order valence-corrected chi connectivity index (χ3v) is 4.17. The van der Waals surface area contributed by atoms with Gasteiger partial charge in [-0.3, -0.25) is 0 Å². The maximum absolute atomic E-state index is 12.3. The Bertz CT molecular complexity index is 652. The van der Waals surface area contributed by atoms with Crippen molar-refractivity contribution in [3.05, 3.63) is 71.3 Å². The van der Waals surface area contributed by atoms with Crippen LogP contribution in [-0.4, -0.2) is 25.8 Å². The van der Waals surface area contributed by atoms with Crippen LogP contribution in [0.3, 0.4) is 0 Å². The highest BCUT2D eigenvalue weighted by molar-refractivity contribution is 5.89. The van der Waals surface area contributed by atoms with E-state index in [2.05, 4.69) is 0 Å². The van der Waals surface area contributed by atoms with Crippen LogP contribution in [0, 0.1) is 0 Å². The maximum atomic E-state index is 12.3. The molecule has 0 spiro atoms. The highest BCUT2D eigenvalue weighted by Crippen LogP contribution is 2.21. The number of ether oxygens (including phenoxy) is 3. The Morgan fingerprint density at radius 2 is 1.54 bits per heavy atom. The summed E-state index contributed by atoms with van der Waals surface area (Å²) in [6.45, 7) is 7.96. The van der Waals surface area contributed by atoms with Gasteiger partial charge in [0, 0.05) is 19.8 Å². The molecule has 0 N–H and O–H groups in total. The van der Waals surface area contributed by atoms with Gasteiger partial charge in [0.25, 0.3) is 0 Å². The molecule has 2 atom stereocenters. The summed E-state index contributed by atoms with van der Waals surface area (Å²) in [7, 11) is 0. The molecular formula is C22H28O4. The highest BCUT2D eigenvalue weighted by atomic mass is 16.5. The van der Waals surface area contributed by atoms with E-state index in [1.807, 2.05) is 63.2 Å². The number of hydrogen-bond donors (Lipinski definition) is 0. The summed E-state index contributed by atoms with van der Waals surface area (Å²) in [6, 6.07) is 17.1. The van der Waals surface area contributed by atoms with Crippen molar-refractivity contribution in [2.24, 2.45) is 0 Å². The van der Waals surface area contributed by atoms with E-state index in [0.717, 1.165) is 24.2 Å². The van der Waals surface area contributed by atoms with Gasteiger partial charge in [0.2, 0.25) is 0 Å². The smallest absolute Gasteiger partial charge is 0.338 e. The first kappa shape index (κ1) is 20.1. The zero-order chi connectivity index (χ0) is 18.8. The number of benzene rings is 2. The first-order valence-corrected chi connectivity index (χ1v) is 9.17. The molecule has 4 heteroatoms. The highest BCUT2D eigenvalue weighted by Gasteiger charge is 2.14. The van der Waals surface area contributed by atoms with Gasteiger partial charge >= 0.3 is 5.97 Å². The van der Waals surface area contributed by atoms with Gasteiger partial charge in [0.05, 0.1) is 11.7 Å². The molecule has 26 heavy (non-hydrogen) atoms. The molecule has 0 heterocycles. The van der Waals surface area contributed by atoms with E-state index in [-0.39, 0.29) is 18.2 Å². The molecule has 0 aliphatic rings. The van der Waals surface area contributed by atoms with E-state index in [0.29, 0.717) is 18.8 Å². The van der Waals surface area contributed by atoms with Crippen molar-refractivity contribution in [2.45, 2.75) is 39.4 Å². The number of rotatable bonds is 10. The summed E-state index contributed by atoms with van der Waals surface area (Å²) in [6.07, 6.45) is 0.570. The molecule has 0 amide bonds.